The summed E-state index contributed by atoms with van der Waals surface area (Å²) in [4.78, 5) is 11.5. The first-order chi connectivity index (χ1) is 13.2. The molecule has 1 atom stereocenters. The Morgan fingerprint density at radius 3 is 3.17 bits per heavy atom. The Labute approximate surface area is 141 Å². The Balaban J connectivity index is 1.75. The van der Waals surface area contributed by atoms with Gasteiger partial charge in [0.05, 0.1) is 31.8 Å². The van der Waals surface area contributed by atoms with Gasteiger partial charge in [0.2, 0.25) is 0 Å². The lowest BCUT2D eigenvalue weighted by atomic mass is 9.96. The first-order valence-electron chi connectivity index (χ1n) is 9.88. The van der Waals surface area contributed by atoms with Crippen molar-refractivity contribution in [3.63, 3.8) is 0 Å². The zero-order chi connectivity index (χ0) is 20.2. The highest BCUT2D eigenvalue weighted by Gasteiger charge is 2.27. The second kappa shape index (κ2) is 5.84. The number of aromatic nitrogens is 5. The minimum atomic E-state index is -2.06. The molecule has 0 bridgehead atoms. The van der Waals surface area contributed by atoms with Crippen molar-refractivity contribution in [3.8, 4) is 17.3 Å². The van der Waals surface area contributed by atoms with Gasteiger partial charge >= 0.3 is 0 Å². The molecule has 3 aromatic rings. The maximum atomic E-state index is 9.30. The summed E-state index contributed by atoms with van der Waals surface area (Å²) in [5.41, 5.74) is 1.95. The molecule has 1 N–H and O–H groups in total. The number of nitriles is 1. The number of hydrogen-bond acceptors (Lipinski definition) is 4. The SMILES string of the molecule is [2H]C1([2H])CC([C@]([2H])(CC#N)n2cc(-c3ncnc4[nH]ccc34)cn2)CC1([2H])[2H]. The van der Waals surface area contributed by atoms with Crippen LogP contribution < -0.4 is 0 Å². The van der Waals surface area contributed by atoms with E-state index in [1.165, 1.54) is 11.0 Å². The fourth-order valence-electron chi connectivity index (χ4n) is 2.90. The van der Waals surface area contributed by atoms with Gasteiger partial charge in [0.25, 0.3) is 0 Å². The van der Waals surface area contributed by atoms with Crippen molar-refractivity contribution in [3.05, 3.63) is 31.0 Å². The number of nitrogens with zero attached hydrogens (tertiary/aromatic N) is 5. The molecule has 0 unspecified atom stereocenters. The van der Waals surface area contributed by atoms with Gasteiger partial charge in [-0.2, -0.15) is 10.4 Å². The molecule has 0 aromatic carbocycles. The highest BCUT2D eigenvalue weighted by molar-refractivity contribution is 5.89. The summed E-state index contributed by atoms with van der Waals surface area (Å²) in [6, 6.07) is 2.25. The zero-order valence-electron chi connectivity index (χ0n) is 17.3. The summed E-state index contributed by atoms with van der Waals surface area (Å²) in [5, 5.41) is 14.4. The predicted octanol–water partition coefficient (Wildman–Crippen LogP) is 3.47. The quantitative estimate of drug-likeness (QED) is 0.799. The van der Waals surface area contributed by atoms with Crippen molar-refractivity contribution in [2.45, 2.75) is 38.0 Å². The Kier molecular flexibility index (Phi) is 2.40. The van der Waals surface area contributed by atoms with Crippen LogP contribution in [0.25, 0.3) is 22.3 Å². The van der Waals surface area contributed by atoms with Gasteiger partial charge < -0.3 is 4.98 Å². The van der Waals surface area contributed by atoms with E-state index in [2.05, 4.69) is 20.1 Å². The fourth-order valence-corrected chi connectivity index (χ4v) is 2.90. The zero-order valence-corrected chi connectivity index (χ0v) is 12.3. The Bertz CT molecular complexity index is 1050. The van der Waals surface area contributed by atoms with Crippen LogP contribution in [-0.4, -0.2) is 24.7 Å². The van der Waals surface area contributed by atoms with E-state index in [0.29, 0.717) is 16.9 Å². The third-order valence-electron chi connectivity index (χ3n) is 4.06. The molecule has 1 aliphatic carbocycles. The van der Waals surface area contributed by atoms with Crippen molar-refractivity contribution in [2.24, 2.45) is 5.92 Å². The normalized spacial score (nSPS) is 25.6. The lowest BCUT2D eigenvalue weighted by molar-refractivity contribution is 0.315. The Morgan fingerprint density at radius 1 is 1.48 bits per heavy atom. The predicted molar refractivity (Wildman–Crippen MR) is 86.3 cm³/mol. The molecule has 23 heavy (non-hydrogen) atoms. The molecule has 4 rings (SSSR count). The van der Waals surface area contributed by atoms with Crippen LogP contribution >= 0.6 is 0 Å². The van der Waals surface area contributed by atoms with Gasteiger partial charge in [0.15, 0.2) is 0 Å². The molecule has 3 heterocycles. The number of fused-ring (bicyclic) bond motifs is 1. The summed E-state index contributed by atoms with van der Waals surface area (Å²) in [7, 11) is 0. The van der Waals surface area contributed by atoms with E-state index in [9.17, 15) is 5.26 Å². The average molecular weight is 311 g/mol. The molecule has 0 spiro atoms. The van der Waals surface area contributed by atoms with Crippen LogP contribution in [0, 0.1) is 17.2 Å². The molecule has 116 valence electrons. The first kappa shape index (κ1) is 9.46. The van der Waals surface area contributed by atoms with Gasteiger partial charge in [-0.15, -0.1) is 0 Å². The number of aromatic amines is 1. The highest BCUT2D eigenvalue weighted by Crippen LogP contribution is 2.36. The molecule has 1 saturated carbocycles. The van der Waals surface area contributed by atoms with Crippen LogP contribution in [0.3, 0.4) is 0 Å². The van der Waals surface area contributed by atoms with Crippen LogP contribution in [-0.2, 0) is 0 Å². The van der Waals surface area contributed by atoms with Gasteiger partial charge in [0.1, 0.15) is 12.0 Å². The minimum Gasteiger partial charge on any atom is -0.346 e. The highest BCUT2D eigenvalue weighted by atomic mass is 15.3. The van der Waals surface area contributed by atoms with Crippen molar-refractivity contribution < 1.29 is 6.85 Å². The minimum absolute atomic E-state index is 0.143. The van der Waals surface area contributed by atoms with E-state index in [-0.39, 0.29) is 19.3 Å². The van der Waals surface area contributed by atoms with Crippen molar-refractivity contribution >= 4 is 11.0 Å². The van der Waals surface area contributed by atoms with E-state index >= 15 is 0 Å². The topological polar surface area (TPSA) is 83.2 Å². The van der Waals surface area contributed by atoms with Crippen LogP contribution in [0.1, 0.15) is 44.9 Å². The summed E-state index contributed by atoms with van der Waals surface area (Å²) in [6.45, 7) is 0. The average Bonchev–Trinajstić information content (AvgIpc) is 3.33. The molecule has 3 aromatic heterocycles. The first-order valence-corrected chi connectivity index (χ1v) is 7.38. The van der Waals surface area contributed by atoms with Crippen molar-refractivity contribution in [1.82, 2.24) is 24.7 Å². The molecular formula is C17H18N6. The lowest BCUT2D eigenvalue weighted by Crippen LogP contribution is -2.17. The standard InChI is InChI=1S/C17H18N6/c18-7-5-15(12-3-1-2-4-12)23-10-13(9-22-23)16-14-6-8-19-17(14)21-11-20-16/h6,8-12,15H,1-5H2,(H,19,20,21)/t15-/m0/s1/i1D2,2D2,15D. The number of nitrogens with one attached hydrogen (secondary N) is 1. The molecule has 0 saturated heterocycles. The van der Waals surface area contributed by atoms with Gasteiger partial charge in [-0.05, 0) is 24.8 Å². The fraction of sp³-hybridized carbons (Fsp3) is 0.412. The monoisotopic (exact) mass is 311 g/mol. The molecule has 6 nitrogen and oxygen atoms in total. The summed E-state index contributed by atoms with van der Waals surface area (Å²) in [5.74, 6) is -0.692. The third-order valence-corrected chi connectivity index (χ3v) is 4.06. The van der Waals surface area contributed by atoms with E-state index < -0.39 is 24.7 Å². The number of rotatable bonds is 4. The van der Waals surface area contributed by atoms with Crippen LogP contribution in [0.15, 0.2) is 31.0 Å². The van der Waals surface area contributed by atoms with Gasteiger partial charge in [-0.1, -0.05) is 12.7 Å². The van der Waals surface area contributed by atoms with Gasteiger partial charge in [-0.25, -0.2) is 9.97 Å². The molecule has 1 aliphatic rings. The molecule has 0 amide bonds. The third kappa shape index (κ3) is 2.48. The molecule has 6 heteroatoms. The summed E-state index contributed by atoms with van der Waals surface area (Å²) >= 11 is 0. The van der Waals surface area contributed by atoms with Crippen LogP contribution in [0.5, 0.6) is 0 Å². The summed E-state index contributed by atoms with van der Waals surface area (Å²) < 4.78 is 42.2. The Morgan fingerprint density at radius 2 is 2.35 bits per heavy atom. The molecule has 0 radical (unpaired) electrons. The second-order valence-corrected chi connectivity index (χ2v) is 5.42. The van der Waals surface area contributed by atoms with E-state index in [0.717, 1.165) is 5.39 Å². The van der Waals surface area contributed by atoms with Crippen LogP contribution in [0.4, 0.5) is 0 Å². The van der Waals surface area contributed by atoms with E-state index in [4.69, 9.17) is 6.85 Å². The van der Waals surface area contributed by atoms with Gasteiger partial charge in [0, 0.05) is 28.8 Å². The Hall–Kier alpha value is -2.68. The van der Waals surface area contributed by atoms with Gasteiger partial charge in [-0.3, -0.25) is 4.68 Å². The molecule has 0 aliphatic heterocycles. The number of H-pyrrole nitrogens is 1. The molecule has 1 fully saturated rings. The summed E-state index contributed by atoms with van der Waals surface area (Å²) in [6.07, 6.45) is 1.71. The number of hydrogen-bond donors (Lipinski definition) is 1. The van der Waals surface area contributed by atoms with Crippen molar-refractivity contribution in [2.75, 3.05) is 0 Å². The lowest BCUT2D eigenvalue weighted by Gasteiger charge is -2.21. The maximum Gasteiger partial charge on any atom is 0.141 e. The van der Waals surface area contributed by atoms with E-state index in [1.807, 2.05) is 12.1 Å². The maximum absolute atomic E-state index is 9.30. The molecular weight excluding hydrogens is 288 g/mol. The van der Waals surface area contributed by atoms with E-state index in [1.54, 1.807) is 18.6 Å². The van der Waals surface area contributed by atoms with Crippen molar-refractivity contribution in [1.29, 1.82) is 5.26 Å². The smallest absolute Gasteiger partial charge is 0.141 e. The second-order valence-electron chi connectivity index (χ2n) is 5.42. The van der Waals surface area contributed by atoms with Crippen LogP contribution in [0.2, 0.25) is 0 Å². The largest absolute Gasteiger partial charge is 0.346 e.